The van der Waals surface area contributed by atoms with E-state index >= 15 is 0 Å². The highest BCUT2D eigenvalue weighted by atomic mass is 35.5. The number of halogens is 3. The second kappa shape index (κ2) is 3.87. The summed E-state index contributed by atoms with van der Waals surface area (Å²) in [4.78, 5) is 13.2. The van der Waals surface area contributed by atoms with Crippen LogP contribution in [-0.4, -0.2) is 4.98 Å². The minimum absolute atomic E-state index is 0.0789. The second-order valence-electron chi connectivity index (χ2n) is 2.63. The minimum Gasteiger partial charge on any atom is -0.326 e. The van der Waals surface area contributed by atoms with Gasteiger partial charge in [0.15, 0.2) is 0 Å². The fourth-order valence-electron chi connectivity index (χ4n) is 1.18. The molecule has 1 aromatic rings. The zero-order valence-corrected chi connectivity index (χ0v) is 7.66. The Balaban J connectivity index is 3.38. The number of nitrogens with one attached hydrogen (secondary N) is 1. The molecule has 0 amide bonds. The number of alkyl halides is 3. The lowest BCUT2D eigenvalue weighted by molar-refractivity contribution is 0.149. The summed E-state index contributed by atoms with van der Waals surface area (Å²) >= 11 is 5.43. The first-order chi connectivity index (χ1) is 6.06. The Bertz CT molecular complexity index is 362. The molecule has 1 rings (SSSR count). The Labute approximate surface area is 78.5 Å². The molecule has 2 nitrogen and oxygen atoms in total. The van der Waals surface area contributed by atoms with E-state index < -0.39 is 12.0 Å². The molecule has 1 aromatic heterocycles. The lowest BCUT2D eigenvalue weighted by atomic mass is 10.1. The molecule has 0 bridgehead atoms. The van der Waals surface area contributed by atoms with E-state index in [0.717, 1.165) is 6.07 Å². The Kier molecular flexibility index (Phi) is 3.03. The normalized spacial score (nSPS) is 10.8. The molecule has 0 aromatic carbocycles. The molecule has 0 atom stereocenters. The summed E-state index contributed by atoms with van der Waals surface area (Å²) in [6.45, 7) is 1.43. The molecular formula is C8H8ClF2NO. The van der Waals surface area contributed by atoms with Gasteiger partial charge in [-0.25, -0.2) is 8.78 Å². The van der Waals surface area contributed by atoms with E-state index in [1.165, 1.54) is 6.92 Å². The number of aromatic amines is 1. The molecule has 0 saturated carbocycles. The van der Waals surface area contributed by atoms with E-state index in [9.17, 15) is 13.6 Å². The monoisotopic (exact) mass is 207 g/mol. The van der Waals surface area contributed by atoms with Crippen LogP contribution in [0.4, 0.5) is 8.78 Å². The zero-order chi connectivity index (χ0) is 10.0. The van der Waals surface area contributed by atoms with Gasteiger partial charge in [0.2, 0.25) is 5.56 Å². The molecule has 1 heterocycles. The number of H-pyrrole nitrogens is 1. The highest BCUT2D eigenvalue weighted by molar-refractivity contribution is 6.17. The van der Waals surface area contributed by atoms with Gasteiger partial charge in [0, 0.05) is 23.2 Å². The second-order valence-corrected chi connectivity index (χ2v) is 2.90. The third-order valence-corrected chi connectivity index (χ3v) is 2.02. The van der Waals surface area contributed by atoms with Crippen LogP contribution in [0.1, 0.15) is 23.2 Å². The SMILES string of the molecule is Cc1[nH]c(=O)cc(CCl)c1C(F)F. The van der Waals surface area contributed by atoms with Gasteiger partial charge >= 0.3 is 0 Å². The molecule has 5 heteroatoms. The molecule has 0 aliphatic heterocycles. The first kappa shape index (κ1) is 10.2. The molecule has 1 N–H and O–H groups in total. The molecule has 0 aliphatic carbocycles. The number of hydrogen-bond donors (Lipinski definition) is 1. The maximum atomic E-state index is 12.4. The van der Waals surface area contributed by atoms with Crippen LogP contribution in [0.25, 0.3) is 0 Å². The fourth-order valence-corrected chi connectivity index (χ4v) is 1.40. The molecule has 0 fully saturated rings. The van der Waals surface area contributed by atoms with E-state index in [0.29, 0.717) is 0 Å². The summed E-state index contributed by atoms with van der Waals surface area (Å²) in [6, 6.07) is 1.10. The Morgan fingerprint density at radius 3 is 2.69 bits per heavy atom. The van der Waals surface area contributed by atoms with Gasteiger partial charge in [-0.3, -0.25) is 4.79 Å². The first-order valence-electron chi connectivity index (χ1n) is 3.63. The maximum absolute atomic E-state index is 12.4. The third-order valence-electron chi connectivity index (χ3n) is 1.73. The van der Waals surface area contributed by atoms with Crippen molar-refractivity contribution in [3.63, 3.8) is 0 Å². The molecular weight excluding hydrogens is 200 g/mol. The largest absolute Gasteiger partial charge is 0.326 e. The van der Waals surface area contributed by atoms with Crippen molar-refractivity contribution in [3.8, 4) is 0 Å². The molecule has 0 spiro atoms. The first-order valence-corrected chi connectivity index (χ1v) is 4.16. The smallest absolute Gasteiger partial charge is 0.265 e. The lowest BCUT2D eigenvalue weighted by Gasteiger charge is -2.08. The average Bonchev–Trinajstić information content (AvgIpc) is 2.01. The van der Waals surface area contributed by atoms with Crippen LogP contribution in [-0.2, 0) is 5.88 Å². The van der Waals surface area contributed by atoms with E-state index in [1.807, 2.05) is 0 Å². The number of hydrogen-bond acceptors (Lipinski definition) is 1. The van der Waals surface area contributed by atoms with Crippen LogP contribution in [0, 0.1) is 6.92 Å². The fraction of sp³-hybridized carbons (Fsp3) is 0.375. The van der Waals surface area contributed by atoms with Gasteiger partial charge in [-0.1, -0.05) is 0 Å². The Morgan fingerprint density at radius 2 is 2.23 bits per heavy atom. The van der Waals surface area contributed by atoms with Crippen LogP contribution in [0.2, 0.25) is 0 Å². The van der Waals surface area contributed by atoms with E-state index in [4.69, 9.17) is 11.6 Å². The van der Waals surface area contributed by atoms with Crippen LogP contribution in [0.5, 0.6) is 0 Å². The number of rotatable bonds is 2. The standard InChI is InChI=1S/C8H8ClF2NO/c1-4-7(8(10)11)5(3-9)2-6(13)12-4/h2,8H,3H2,1H3,(H,12,13). The number of aromatic nitrogens is 1. The van der Waals surface area contributed by atoms with Gasteiger partial charge in [-0.15, -0.1) is 11.6 Å². The van der Waals surface area contributed by atoms with Crippen LogP contribution in [0.15, 0.2) is 10.9 Å². The molecule has 13 heavy (non-hydrogen) atoms. The highest BCUT2D eigenvalue weighted by Crippen LogP contribution is 2.24. The van der Waals surface area contributed by atoms with E-state index in [-0.39, 0.29) is 22.7 Å². The predicted octanol–water partition coefficient (Wildman–Crippen LogP) is 2.36. The molecule has 0 aliphatic rings. The predicted molar refractivity (Wildman–Crippen MR) is 46.3 cm³/mol. The van der Waals surface area contributed by atoms with Crippen LogP contribution < -0.4 is 5.56 Å². The summed E-state index contributed by atoms with van der Waals surface area (Å²) in [6.07, 6.45) is -2.61. The molecule has 0 saturated heterocycles. The minimum atomic E-state index is -2.61. The van der Waals surface area contributed by atoms with Crippen molar-refractivity contribution >= 4 is 11.6 Å². The maximum Gasteiger partial charge on any atom is 0.265 e. The van der Waals surface area contributed by atoms with Crippen molar-refractivity contribution in [3.05, 3.63) is 33.2 Å². The van der Waals surface area contributed by atoms with E-state index in [2.05, 4.69) is 4.98 Å². The molecule has 0 radical (unpaired) electrons. The van der Waals surface area contributed by atoms with Crippen molar-refractivity contribution in [2.75, 3.05) is 0 Å². The van der Waals surface area contributed by atoms with Crippen LogP contribution in [0.3, 0.4) is 0 Å². The van der Waals surface area contributed by atoms with Gasteiger partial charge < -0.3 is 4.98 Å². The summed E-state index contributed by atoms with van der Waals surface area (Å²) < 4.78 is 24.9. The third kappa shape index (κ3) is 2.06. The summed E-state index contributed by atoms with van der Waals surface area (Å²) in [7, 11) is 0. The van der Waals surface area contributed by atoms with Gasteiger partial charge in [0.25, 0.3) is 6.43 Å². The van der Waals surface area contributed by atoms with Gasteiger partial charge in [-0.2, -0.15) is 0 Å². The van der Waals surface area contributed by atoms with E-state index in [1.54, 1.807) is 0 Å². The number of aryl methyl sites for hydroxylation is 1. The van der Waals surface area contributed by atoms with Gasteiger partial charge in [0.1, 0.15) is 0 Å². The lowest BCUT2D eigenvalue weighted by Crippen LogP contribution is -2.11. The summed E-state index contributed by atoms with van der Waals surface area (Å²) in [5.74, 6) is -0.0789. The van der Waals surface area contributed by atoms with Crippen molar-refractivity contribution in [2.24, 2.45) is 0 Å². The quantitative estimate of drug-likeness (QED) is 0.742. The molecule has 72 valence electrons. The molecule has 0 unspecified atom stereocenters. The van der Waals surface area contributed by atoms with Crippen LogP contribution >= 0.6 is 11.6 Å². The number of pyridine rings is 1. The topological polar surface area (TPSA) is 32.9 Å². The van der Waals surface area contributed by atoms with Gasteiger partial charge in [-0.05, 0) is 12.5 Å². The van der Waals surface area contributed by atoms with Crippen molar-refractivity contribution in [2.45, 2.75) is 19.2 Å². The van der Waals surface area contributed by atoms with Crippen molar-refractivity contribution in [1.29, 1.82) is 0 Å². The van der Waals surface area contributed by atoms with Crippen molar-refractivity contribution < 1.29 is 8.78 Å². The highest BCUT2D eigenvalue weighted by Gasteiger charge is 2.16. The Hall–Kier alpha value is -0.900. The summed E-state index contributed by atoms with van der Waals surface area (Å²) in [5, 5.41) is 0. The Morgan fingerprint density at radius 1 is 1.62 bits per heavy atom. The average molecular weight is 208 g/mol. The zero-order valence-electron chi connectivity index (χ0n) is 6.90. The van der Waals surface area contributed by atoms with Gasteiger partial charge in [0.05, 0.1) is 0 Å². The van der Waals surface area contributed by atoms with Crippen molar-refractivity contribution in [1.82, 2.24) is 4.98 Å². The summed E-state index contributed by atoms with van der Waals surface area (Å²) in [5.41, 5.74) is -0.205.